The number of benzene rings is 1. The number of para-hydroxylation sites is 1. The molecule has 7 nitrogen and oxygen atoms in total. The van der Waals surface area contributed by atoms with E-state index in [1.54, 1.807) is 4.90 Å². The molecular formula is C16H18N4O3. The van der Waals surface area contributed by atoms with Crippen LogP contribution in [0.1, 0.15) is 38.0 Å². The Morgan fingerprint density at radius 1 is 1.35 bits per heavy atom. The van der Waals surface area contributed by atoms with Gasteiger partial charge in [0.05, 0.1) is 5.92 Å². The molecule has 2 aromatic rings. The van der Waals surface area contributed by atoms with E-state index in [2.05, 4.69) is 15.5 Å². The molecule has 1 aromatic carbocycles. The molecule has 0 spiro atoms. The first-order chi connectivity index (χ1) is 11.2. The van der Waals surface area contributed by atoms with E-state index in [1.165, 1.54) is 0 Å². The van der Waals surface area contributed by atoms with Crippen LogP contribution in [0.5, 0.6) is 0 Å². The van der Waals surface area contributed by atoms with Gasteiger partial charge in [0, 0.05) is 25.1 Å². The highest BCUT2D eigenvalue weighted by Crippen LogP contribution is 2.31. The SMILES string of the molecule is CCCC(=O)Nc1nnc(C2CC(=O)N(c3ccccc3)C2)o1. The fourth-order valence-corrected chi connectivity index (χ4v) is 2.59. The molecule has 0 bridgehead atoms. The lowest BCUT2D eigenvalue weighted by atomic mass is 10.1. The van der Waals surface area contributed by atoms with E-state index in [-0.39, 0.29) is 23.7 Å². The second-order valence-corrected chi connectivity index (χ2v) is 5.48. The summed E-state index contributed by atoms with van der Waals surface area (Å²) < 4.78 is 5.48. The zero-order valence-corrected chi connectivity index (χ0v) is 12.9. The van der Waals surface area contributed by atoms with Crippen molar-refractivity contribution in [1.82, 2.24) is 10.2 Å². The van der Waals surface area contributed by atoms with E-state index >= 15 is 0 Å². The van der Waals surface area contributed by atoms with E-state index in [0.29, 0.717) is 25.3 Å². The standard InChI is InChI=1S/C16H18N4O3/c1-2-6-13(21)17-16-19-18-15(23-16)11-9-14(22)20(10-11)12-7-4-3-5-8-12/h3-5,7-8,11H,2,6,9-10H2,1H3,(H,17,19,21). The third-order valence-electron chi connectivity index (χ3n) is 3.71. The van der Waals surface area contributed by atoms with Gasteiger partial charge in [-0.05, 0) is 18.6 Å². The molecule has 0 aliphatic carbocycles. The largest absolute Gasteiger partial charge is 0.407 e. The summed E-state index contributed by atoms with van der Waals surface area (Å²) in [5.74, 6) is 0.0858. The van der Waals surface area contributed by atoms with Crippen LogP contribution in [0, 0.1) is 0 Å². The molecule has 1 N–H and O–H groups in total. The molecular weight excluding hydrogens is 296 g/mol. The van der Waals surface area contributed by atoms with Crippen molar-refractivity contribution in [3.05, 3.63) is 36.2 Å². The molecule has 3 rings (SSSR count). The smallest absolute Gasteiger partial charge is 0.322 e. The third-order valence-corrected chi connectivity index (χ3v) is 3.71. The molecule has 1 aliphatic heterocycles. The monoisotopic (exact) mass is 314 g/mol. The fraction of sp³-hybridized carbons (Fsp3) is 0.375. The zero-order valence-electron chi connectivity index (χ0n) is 12.9. The van der Waals surface area contributed by atoms with E-state index in [9.17, 15) is 9.59 Å². The summed E-state index contributed by atoms with van der Waals surface area (Å²) in [6, 6.07) is 9.57. The molecule has 1 saturated heterocycles. The van der Waals surface area contributed by atoms with Crippen LogP contribution in [0.3, 0.4) is 0 Å². The average molecular weight is 314 g/mol. The fourth-order valence-electron chi connectivity index (χ4n) is 2.59. The van der Waals surface area contributed by atoms with Gasteiger partial charge in [-0.3, -0.25) is 14.9 Å². The van der Waals surface area contributed by atoms with Crippen molar-refractivity contribution >= 4 is 23.5 Å². The third kappa shape index (κ3) is 3.39. The Labute approximate surface area is 133 Å². The number of hydrogen-bond acceptors (Lipinski definition) is 5. The van der Waals surface area contributed by atoms with E-state index < -0.39 is 0 Å². The van der Waals surface area contributed by atoms with Crippen molar-refractivity contribution in [3.8, 4) is 0 Å². The van der Waals surface area contributed by atoms with Gasteiger partial charge >= 0.3 is 6.01 Å². The molecule has 1 unspecified atom stereocenters. The highest BCUT2D eigenvalue weighted by molar-refractivity contribution is 5.96. The molecule has 1 aliphatic rings. The first kappa shape index (κ1) is 15.2. The lowest BCUT2D eigenvalue weighted by molar-refractivity contribution is -0.117. The Morgan fingerprint density at radius 2 is 2.13 bits per heavy atom. The van der Waals surface area contributed by atoms with Crippen LogP contribution < -0.4 is 10.2 Å². The molecule has 2 heterocycles. The van der Waals surface area contributed by atoms with Gasteiger partial charge < -0.3 is 9.32 Å². The van der Waals surface area contributed by atoms with Gasteiger partial charge in [-0.1, -0.05) is 30.2 Å². The lowest BCUT2D eigenvalue weighted by Gasteiger charge is -2.15. The van der Waals surface area contributed by atoms with Crippen LogP contribution in [-0.4, -0.2) is 28.6 Å². The van der Waals surface area contributed by atoms with Crippen LogP contribution in [0.15, 0.2) is 34.7 Å². The number of anilines is 2. The number of rotatable bonds is 5. The second kappa shape index (κ2) is 6.60. The Morgan fingerprint density at radius 3 is 2.87 bits per heavy atom. The van der Waals surface area contributed by atoms with E-state index in [1.807, 2.05) is 37.3 Å². The maximum atomic E-state index is 12.2. The van der Waals surface area contributed by atoms with E-state index in [0.717, 1.165) is 12.1 Å². The van der Waals surface area contributed by atoms with Crippen molar-refractivity contribution in [2.45, 2.75) is 32.1 Å². The van der Waals surface area contributed by atoms with Gasteiger partial charge in [0.15, 0.2) is 0 Å². The molecule has 120 valence electrons. The number of amides is 2. The first-order valence-electron chi connectivity index (χ1n) is 7.66. The second-order valence-electron chi connectivity index (χ2n) is 5.48. The lowest BCUT2D eigenvalue weighted by Crippen LogP contribution is -2.24. The molecule has 23 heavy (non-hydrogen) atoms. The first-order valence-corrected chi connectivity index (χ1v) is 7.66. The number of carbonyl (C=O) groups excluding carboxylic acids is 2. The minimum absolute atomic E-state index is 0.0240. The molecule has 1 atom stereocenters. The zero-order chi connectivity index (χ0) is 16.2. The molecule has 7 heteroatoms. The molecule has 1 aromatic heterocycles. The highest BCUT2D eigenvalue weighted by Gasteiger charge is 2.35. The Kier molecular flexibility index (Phi) is 4.36. The van der Waals surface area contributed by atoms with Crippen LogP contribution >= 0.6 is 0 Å². The van der Waals surface area contributed by atoms with Crippen molar-refractivity contribution < 1.29 is 14.0 Å². The van der Waals surface area contributed by atoms with Crippen molar-refractivity contribution in [2.24, 2.45) is 0 Å². The van der Waals surface area contributed by atoms with E-state index in [4.69, 9.17) is 4.42 Å². The molecule has 0 radical (unpaired) electrons. The summed E-state index contributed by atoms with van der Waals surface area (Å²) in [5.41, 5.74) is 0.857. The predicted octanol–water partition coefficient (Wildman–Crippen LogP) is 2.33. The maximum Gasteiger partial charge on any atom is 0.322 e. The topological polar surface area (TPSA) is 88.3 Å². The normalized spacial score (nSPS) is 17.5. The molecule has 1 fully saturated rings. The van der Waals surface area contributed by atoms with Gasteiger partial charge in [0.2, 0.25) is 17.7 Å². The number of carbonyl (C=O) groups is 2. The van der Waals surface area contributed by atoms with Crippen LogP contribution in [0.25, 0.3) is 0 Å². The van der Waals surface area contributed by atoms with Gasteiger partial charge in [-0.15, -0.1) is 5.10 Å². The van der Waals surface area contributed by atoms with Gasteiger partial charge in [0.25, 0.3) is 0 Å². The summed E-state index contributed by atoms with van der Waals surface area (Å²) in [5, 5.41) is 10.4. The molecule has 2 amide bonds. The average Bonchev–Trinajstić information content (AvgIpc) is 3.15. The van der Waals surface area contributed by atoms with Crippen molar-refractivity contribution in [2.75, 3.05) is 16.8 Å². The van der Waals surface area contributed by atoms with Crippen LogP contribution in [0.2, 0.25) is 0 Å². The summed E-state index contributed by atoms with van der Waals surface area (Å²) >= 11 is 0. The predicted molar refractivity (Wildman–Crippen MR) is 84.0 cm³/mol. The number of nitrogens with one attached hydrogen (secondary N) is 1. The molecule has 0 saturated carbocycles. The minimum Gasteiger partial charge on any atom is -0.407 e. The number of nitrogens with zero attached hydrogens (tertiary/aromatic N) is 3. The summed E-state index contributed by atoms with van der Waals surface area (Å²) in [7, 11) is 0. The Hall–Kier alpha value is -2.70. The van der Waals surface area contributed by atoms with Gasteiger partial charge in [-0.25, -0.2) is 0 Å². The minimum atomic E-state index is -0.160. The van der Waals surface area contributed by atoms with Crippen LogP contribution in [0.4, 0.5) is 11.7 Å². The van der Waals surface area contributed by atoms with Crippen molar-refractivity contribution in [1.29, 1.82) is 0 Å². The summed E-state index contributed by atoms with van der Waals surface area (Å²) in [6.07, 6.45) is 1.47. The van der Waals surface area contributed by atoms with Gasteiger partial charge in [0.1, 0.15) is 0 Å². The Bertz CT molecular complexity index is 698. The highest BCUT2D eigenvalue weighted by atomic mass is 16.4. The maximum absolute atomic E-state index is 12.2. The summed E-state index contributed by atoms with van der Waals surface area (Å²) in [6.45, 7) is 2.41. The van der Waals surface area contributed by atoms with Gasteiger partial charge in [-0.2, -0.15) is 0 Å². The van der Waals surface area contributed by atoms with Crippen molar-refractivity contribution in [3.63, 3.8) is 0 Å². The quantitative estimate of drug-likeness (QED) is 0.915. The number of aromatic nitrogens is 2. The van der Waals surface area contributed by atoms with Crippen LogP contribution in [-0.2, 0) is 9.59 Å². The Balaban J connectivity index is 1.68. The number of hydrogen-bond donors (Lipinski definition) is 1. The summed E-state index contributed by atoms with van der Waals surface area (Å²) in [4.78, 5) is 25.4.